The number of carbonyl (C=O) groups is 2. The average molecular weight is 450 g/mol. The highest BCUT2D eigenvalue weighted by molar-refractivity contribution is 7.13. The number of thiazole rings is 1. The first-order chi connectivity index (χ1) is 14.1. The van der Waals surface area contributed by atoms with E-state index in [4.69, 9.17) is 19.7 Å². The van der Waals surface area contributed by atoms with Gasteiger partial charge >= 0.3 is 18.1 Å². The molecule has 30 heavy (non-hydrogen) atoms. The molecule has 2 aromatic heterocycles. The molecule has 0 radical (unpaired) electrons. The van der Waals surface area contributed by atoms with Crippen LogP contribution in [0.25, 0.3) is 0 Å². The number of carboxylic acids is 2. The van der Waals surface area contributed by atoms with Gasteiger partial charge in [-0.15, -0.1) is 11.3 Å². The maximum Gasteiger partial charge on any atom is 0.490 e. The van der Waals surface area contributed by atoms with Crippen molar-refractivity contribution >= 4 is 28.4 Å². The fourth-order valence-corrected chi connectivity index (χ4v) is 3.49. The third-order valence-corrected chi connectivity index (χ3v) is 5.03. The lowest BCUT2D eigenvalue weighted by atomic mass is 9.91. The molecule has 9 nitrogen and oxygen atoms in total. The van der Waals surface area contributed by atoms with Gasteiger partial charge in [-0.25, -0.2) is 14.6 Å². The van der Waals surface area contributed by atoms with Gasteiger partial charge in [0.25, 0.3) is 0 Å². The highest BCUT2D eigenvalue weighted by Crippen LogP contribution is 2.33. The lowest BCUT2D eigenvalue weighted by Gasteiger charge is -2.31. The Hall–Kier alpha value is -2.67. The van der Waals surface area contributed by atoms with E-state index in [1.807, 2.05) is 17.1 Å². The van der Waals surface area contributed by atoms with Gasteiger partial charge in [-0.1, -0.05) is 0 Å². The number of hydrogen-bond donors (Lipinski definition) is 3. The predicted molar refractivity (Wildman–Crippen MR) is 101 cm³/mol. The maximum atomic E-state index is 10.9. The molecule has 1 aliphatic heterocycles. The van der Waals surface area contributed by atoms with Gasteiger partial charge in [0.05, 0.1) is 12.3 Å². The van der Waals surface area contributed by atoms with Gasteiger partial charge < -0.3 is 20.3 Å². The van der Waals surface area contributed by atoms with Crippen LogP contribution in [0.2, 0.25) is 0 Å². The van der Waals surface area contributed by atoms with Crippen LogP contribution in [-0.4, -0.2) is 56.2 Å². The van der Waals surface area contributed by atoms with E-state index in [1.54, 1.807) is 5.38 Å². The standard InChI is InChI=1S/C15H20N4O3S.C2HF3O2/c1-2-19-8-11(7-17-19)13-10(4-3-5-22-13)6-16-15-18-12(9-23-15)14(20)21;3-2(4,5)1(6)7/h7-10,13H,2-6H2,1H3,(H,16,18)(H,20,21);(H,6,7)/t10-,13+;/m0./s1. The first kappa shape index (κ1) is 23.6. The van der Waals surface area contributed by atoms with E-state index in [1.165, 1.54) is 11.3 Å². The Morgan fingerprint density at radius 2 is 2.10 bits per heavy atom. The van der Waals surface area contributed by atoms with Gasteiger partial charge in [-0.3, -0.25) is 4.68 Å². The highest BCUT2D eigenvalue weighted by atomic mass is 32.1. The Morgan fingerprint density at radius 1 is 1.40 bits per heavy atom. The van der Waals surface area contributed by atoms with Gasteiger partial charge in [0.15, 0.2) is 10.8 Å². The fourth-order valence-electron chi connectivity index (χ4n) is 2.79. The lowest BCUT2D eigenvalue weighted by Crippen LogP contribution is -2.28. The van der Waals surface area contributed by atoms with Crippen molar-refractivity contribution in [2.24, 2.45) is 5.92 Å². The number of rotatable bonds is 6. The van der Waals surface area contributed by atoms with Crippen molar-refractivity contribution in [2.75, 3.05) is 18.5 Å². The van der Waals surface area contributed by atoms with E-state index in [9.17, 15) is 18.0 Å². The Bertz CT molecular complexity index is 855. The second-order valence-corrected chi connectivity index (χ2v) is 7.21. The van der Waals surface area contributed by atoms with E-state index in [2.05, 4.69) is 22.3 Å². The first-order valence-electron chi connectivity index (χ1n) is 8.98. The van der Waals surface area contributed by atoms with E-state index >= 15 is 0 Å². The van der Waals surface area contributed by atoms with Crippen LogP contribution >= 0.6 is 11.3 Å². The number of aryl methyl sites for hydroxylation is 1. The van der Waals surface area contributed by atoms with Crippen molar-refractivity contribution in [3.63, 3.8) is 0 Å². The van der Waals surface area contributed by atoms with Crippen LogP contribution in [-0.2, 0) is 16.1 Å². The van der Waals surface area contributed by atoms with Crippen LogP contribution in [0, 0.1) is 5.92 Å². The number of anilines is 1. The predicted octanol–water partition coefficient (Wildman–Crippen LogP) is 3.27. The normalized spacial score (nSPS) is 18.9. The molecular formula is C17H21F3N4O5S. The molecule has 166 valence electrons. The summed E-state index contributed by atoms with van der Waals surface area (Å²) in [7, 11) is 0. The number of carboxylic acid groups (broad SMARTS) is 2. The summed E-state index contributed by atoms with van der Waals surface area (Å²) in [5.74, 6) is -3.44. The molecule has 2 aromatic rings. The number of halogens is 3. The third-order valence-electron chi connectivity index (χ3n) is 4.23. The number of nitrogens with one attached hydrogen (secondary N) is 1. The summed E-state index contributed by atoms with van der Waals surface area (Å²) < 4.78 is 39.6. The summed E-state index contributed by atoms with van der Waals surface area (Å²) in [6.07, 6.45) is 0.943. The summed E-state index contributed by atoms with van der Waals surface area (Å²) in [6, 6.07) is 0. The third kappa shape index (κ3) is 6.69. The second kappa shape index (κ2) is 10.4. The van der Waals surface area contributed by atoms with Crippen LogP contribution < -0.4 is 5.32 Å². The minimum absolute atomic E-state index is 0.0236. The zero-order valence-electron chi connectivity index (χ0n) is 15.9. The monoisotopic (exact) mass is 450 g/mol. The lowest BCUT2D eigenvalue weighted by molar-refractivity contribution is -0.192. The summed E-state index contributed by atoms with van der Waals surface area (Å²) in [4.78, 5) is 23.8. The molecular weight excluding hydrogens is 429 g/mol. The number of aromatic carboxylic acids is 1. The van der Waals surface area contributed by atoms with Crippen molar-refractivity contribution < 1.29 is 37.7 Å². The number of ether oxygens (including phenoxy) is 1. The summed E-state index contributed by atoms with van der Waals surface area (Å²) >= 11 is 1.31. The molecule has 3 rings (SSSR count). The summed E-state index contributed by atoms with van der Waals surface area (Å²) in [5, 5.41) is 25.8. The summed E-state index contributed by atoms with van der Waals surface area (Å²) in [6.45, 7) is 4.36. The minimum atomic E-state index is -5.08. The smallest absolute Gasteiger partial charge is 0.476 e. The van der Waals surface area contributed by atoms with Gasteiger partial charge in [0.1, 0.15) is 0 Å². The number of hydrogen-bond acceptors (Lipinski definition) is 7. The molecule has 0 aromatic carbocycles. The highest BCUT2D eigenvalue weighted by Gasteiger charge is 2.38. The van der Waals surface area contributed by atoms with Crippen molar-refractivity contribution in [3.05, 3.63) is 29.0 Å². The molecule has 0 bridgehead atoms. The van der Waals surface area contributed by atoms with Crippen molar-refractivity contribution in [2.45, 2.75) is 38.6 Å². The van der Waals surface area contributed by atoms with E-state index < -0.39 is 18.1 Å². The molecule has 0 amide bonds. The molecule has 1 aliphatic rings. The summed E-state index contributed by atoms with van der Waals surface area (Å²) in [5.41, 5.74) is 1.18. The number of aliphatic carboxylic acids is 1. The van der Waals surface area contributed by atoms with E-state index in [-0.39, 0.29) is 11.8 Å². The quantitative estimate of drug-likeness (QED) is 0.612. The molecule has 2 atom stereocenters. The molecule has 0 aliphatic carbocycles. The van der Waals surface area contributed by atoms with E-state index in [0.717, 1.165) is 31.6 Å². The maximum absolute atomic E-state index is 10.9. The van der Waals surface area contributed by atoms with Gasteiger partial charge in [0.2, 0.25) is 0 Å². The number of aromatic nitrogens is 3. The Morgan fingerprint density at radius 3 is 2.63 bits per heavy atom. The van der Waals surface area contributed by atoms with Crippen LogP contribution in [0.4, 0.5) is 18.3 Å². The van der Waals surface area contributed by atoms with Crippen molar-refractivity contribution in [1.82, 2.24) is 14.8 Å². The molecule has 3 heterocycles. The molecule has 0 saturated carbocycles. The average Bonchev–Trinajstić information content (AvgIpc) is 3.36. The van der Waals surface area contributed by atoms with Gasteiger partial charge in [-0.2, -0.15) is 18.3 Å². The number of alkyl halides is 3. The zero-order valence-corrected chi connectivity index (χ0v) is 16.7. The van der Waals surface area contributed by atoms with E-state index in [0.29, 0.717) is 17.6 Å². The zero-order chi connectivity index (χ0) is 22.3. The molecule has 1 saturated heterocycles. The minimum Gasteiger partial charge on any atom is -0.476 e. The Kier molecular flexibility index (Phi) is 8.17. The van der Waals surface area contributed by atoms with Gasteiger partial charge in [-0.05, 0) is 19.8 Å². The topological polar surface area (TPSA) is 127 Å². The van der Waals surface area contributed by atoms with Crippen molar-refractivity contribution in [3.8, 4) is 0 Å². The Labute approximate surface area is 173 Å². The van der Waals surface area contributed by atoms with Crippen molar-refractivity contribution in [1.29, 1.82) is 0 Å². The SMILES string of the molecule is CCn1cc([C@@H]2OCCC[C@H]2CNc2nc(C(=O)O)cs2)cn1.O=C(O)C(F)(F)F. The largest absolute Gasteiger partial charge is 0.490 e. The fraction of sp³-hybridized carbons (Fsp3) is 0.529. The molecule has 0 spiro atoms. The molecule has 13 heteroatoms. The molecule has 0 unspecified atom stereocenters. The van der Waals surface area contributed by atoms with Crippen LogP contribution in [0.1, 0.15) is 41.9 Å². The molecule has 3 N–H and O–H groups in total. The Balaban J connectivity index is 0.000000396. The second-order valence-electron chi connectivity index (χ2n) is 6.35. The van der Waals surface area contributed by atoms with Crippen LogP contribution in [0.15, 0.2) is 17.8 Å². The van der Waals surface area contributed by atoms with Crippen LogP contribution in [0.5, 0.6) is 0 Å². The van der Waals surface area contributed by atoms with Crippen LogP contribution in [0.3, 0.4) is 0 Å². The first-order valence-corrected chi connectivity index (χ1v) is 9.86. The van der Waals surface area contributed by atoms with Gasteiger partial charge in [0, 0.05) is 42.8 Å². The molecule has 1 fully saturated rings. The number of nitrogens with zero attached hydrogens (tertiary/aromatic N) is 3.